The van der Waals surface area contributed by atoms with Crippen LogP contribution in [-0.4, -0.2) is 43.7 Å². The molecule has 8 heteroatoms. The first-order valence-corrected chi connectivity index (χ1v) is 9.17. The average molecular weight is 331 g/mol. The zero-order valence-corrected chi connectivity index (χ0v) is 13.9. The molecule has 0 bridgehead atoms. The van der Waals surface area contributed by atoms with Gasteiger partial charge in [-0.25, -0.2) is 5.14 Å². The number of carbonyl (C=O) groups excluding carboxylic acids is 1. The van der Waals surface area contributed by atoms with Crippen LogP contribution in [0.2, 0.25) is 0 Å². The monoisotopic (exact) mass is 331 g/mol. The first kappa shape index (κ1) is 16.4. The summed E-state index contributed by atoms with van der Waals surface area (Å²) in [7, 11) is -1.84. The van der Waals surface area contributed by atoms with E-state index in [2.05, 4.69) is 0 Å². The molecule has 1 amide bonds. The maximum Gasteiger partial charge on any atom is 0.276 e. The fourth-order valence-corrected chi connectivity index (χ4v) is 4.21. The van der Waals surface area contributed by atoms with E-state index < -0.39 is 10.2 Å². The van der Waals surface area contributed by atoms with Crippen LogP contribution in [0.1, 0.15) is 22.6 Å². The lowest BCUT2D eigenvalue weighted by Crippen LogP contribution is -2.45. The lowest BCUT2D eigenvalue weighted by atomic mass is 9.96. The Kier molecular flexibility index (Phi) is 5.03. The maximum atomic E-state index is 12.4. The molecule has 1 aromatic rings. The van der Waals surface area contributed by atoms with E-state index in [0.717, 1.165) is 4.88 Å². The third-order valence-electron chi connectivity index (χ3n) is 3.73. The number of nitrogens with zero attached hydrogens (tertiary/aromatic N) is 2. The van der Waals surface area contributed by atoms with Gasteiger partial charge in [-0.1, -0.05) is 0 Å². The molecule has 0 aromatic carbocycles. The summed E-state index contributed by atoms with van der Waals surface area (Å²) >= 11 is 1.69. The highest BCUT2D eigenvalue weighted by molar-refractivity contribution is 7.86. The van der Waals surface area contributed by atoms with Crippen molar-refractivity contribution in [3.05, 3.63) is 21.9 Å². The van der Waals surface area contributed by atoms with Gasteiger partial charge in [0.05, 0.1) is 6.54 Å². The Morgan fingerprint density at radius 3 is 2.52 bits per heavy atom. The molecule has 0 saturated carbocycles. The minimum absolute atomic E-state index is 0.0788. The summed E-state index contributed by atoms with van der Waals surface area (Å²) in [6, 6.07) is 4.08. The summed E-state index contributed by atoms with van der Waals surface area (Å²) in [5, 5.41) is 5.10. The van der Waals surface area contributed by atoms with Crippen molar-refractivity contribution in [1.29, 1.82) is 0 Å². The molecule has 2 rings (SSSR count). The van der Waals surface area contributed by atoms with Gasteiger partial charge in [0.2, 0.25) is 5.91 Å². The quantitative estimate of drug-likeness (QED) is 0.891. The number of carbonyl (C=O) groups is 1. The second kappa shape index (κ2) is 6.43. The lowest BCUT2D eigenvalue weighted by molar-refractivity contribution is -0.135. The van der Waals surface area contributed by atoms with Crippen molar-refractivity contribution in [2.75, 3.05) is 20.1 Å². The van der Waals surface area contributed by atoms with E-state index in [-0.39, 0.29) is 11.8 Å². The molecular weight excluding hydrogens is 310 g/mol. The first-order chi connectivity index (χ1) is 9.77. The van der Waals surface area contributed by atoms with Crippen molar-refractivity contribution >= 4 is 27.5 Å². The van der Waals surface area contributed by atoms with E-state index in [1.54, 1.807) is 23.3 Å². The standard InChI is InChI=1S/C13H21N3O3S2/c1-10-3-4-12(20-10)9-15(2)13(17)11-5-7-16(8-6-11)21(14,18)19/h3-4,11H,5-9H2,1-2H3,(H2,14,18,19). The zero-order valence-electron chi connectivity index (χ0n) is 12.3. The minimum atomic E-state index is -3.63. The van der Waals surface area contributed by atoms with E-state index in [9.17, 15) is 13.2 Å². The van der Waals surface area contributed by atoms with Crippen molar-refractivity contribution in [2.24, 2.45) is 11.1 Å². The number of hydrogen-bond donors (Lipinski definition) is 1. The second-order valence-corrected chi connectivity index (χ2v) is 8.34. The topological polar surface area (TPSA) is 83.7 Å². The van der Waals surface area contributed by atoms with Crippen molar-refractivity contribution in [1.82, 2.24) is 9.21 Å². The highest BCUT2D eigenvalue weighted by Crippen LogP contribution is 2.22. The van der Waals surface area contributed by atoms with Gasteiger partial charge in [-0.15, -0.1) is 11.3 Å². The summed E-state index contributed by atoms with van der Waals surface area (Å²) in [6.07, 6.45) is 1.06. The first-order valence-electron chi connectivity index (χ1n) is 6.85. The number of rotatable bonds is 4. The minimum Gasteiger partial charge on any atom is -0.340 e. The summed E-state index contributed by atoms with van der Waals surface area (Å²) in [4.78, 5) is 16.5. The number of amides is 1. The van der Waals surface area contributed by atoms with E-state index in [1.807, 2.05) is 19.1 Å². The number of piperidine rings is 1. The average Bonchev–Trinajstić information content (AvgIpc) is 2.82. The SMILES string of the molecule is Cc1ccc(CN(C)C(=O)C2CCN(S(N)(=O)=O)CC2)s1. The predicted molar refractivity (Wildman–Crippen MR) is 82.9 cm³/mol. The predicted octanol–water partition coefficient (Wildman–Crippen LogP) is 0.930. The van der Waals surface area contributed by atoms with Gasteiger partial charge in [-0.2, -0.15) is 12.7 Å². The fraction of sp³-hybridized carbons (Fsp3) is 0.615. The van der Waals surface area contributed by atoms with Crippen molar-refractivity contribution < 1.29 is 13.2 Å². The summed E-state index contributed by atoms with van der Waals surface area (Å²) in [5.74, 6) is -0.0378. The Hall–Kier alpha value is -0.960. The molecule has 6 nitrogen and oxygen atoms in total. The van der Waals surface area contributed by atoms with Gasteiger partial charge in [-0.3, -0.25) is 4.79 Å². The van der Waals surface area contributed by atoms with E-state index in [0.29, 0.717) is 32.5 Å². The van der Waals surface area contributed by atoms with Gasteiger partial charge >= 0.3 is 0 Å². The van der Waals surface area contributed by atoms with E-state index in [4.69, 9.17) is 5.14 Å². The molecule has 0 aliphatic carbocycles. The lowest BCUT2D eigenvalue weighted by Gasteiger charge is -2.31. The van der Waals surface area contributed by atoms with Crippen molar-refractivity contribution in [3.63, 3.8) is 0 Å². The number of thiophene rings is 1. The third-order valence-corrected chi connectivity index (χ3v) is 5.80. The third kappa shape index (κ3) is 4.26. The number of aryl methyl sites for hydroxylation is 1. The van der Waals surface area contributed by atoms with Gasteiger partial charge in [0.25, 0.3) is 10.2 Å². The largest absolute Gasteiger partial charge is 0.340 e. The highest BCUT2D eigenvalue weighted by Gasteiger charge is 2.30. The van der Waals surface area contributed by atoms with E-state index >= 15 is 0 Å². The molecule has 0 radical (unpaired) electrons. The molecule has 0 unspecified atom stereocenters. The van der Waals surface area contributed by atoms with Crippen LogP contribution >= 0.6 is 11.3 Å². The molecule has 1 aromatic heterocycles. The molecule has 21 heavy (non-hydrogen) atoms. The molecular formula is C13H21N3O3S2. The smallest absolute Gasteiger partial charge is 0.276 e. The van der Waals surface area contributed by atoms with Gasteiger partial charge in [0.1, 0.15) is 0 Å². The summed E-state index contributed by atoms with van der Waals surface area (Å²) in [5.41, 5.74) is 0. The van der Waals surface area contributed by atoms with Crippen molar-refractivity contribution in [3.8, 4) is 0 Å². The molecule has 2 heterocycles. The highest BCUT2D eigenvalue weighted by atomic mass is 32.2. The van der Waals surface area contributed by atoms with Crippen LogP contribution in [0.3, 0.4) is 0 Å². The Morgan fingerprint density at radius 1 is 1.43 bits per heavy atom. The molecule has 2 N–H and O–H groups in total. The van der Waals surface area contributed by atoms with Crippen LogP contribution in [0.25, 0.3) is 0 Å². The van der Waals surface area contributed by atoms with Gasteiger partial charge in [0.15, 0.2) is 0 Å². The number of nitrogens with two attached hydrogens (primary N) is 1. The molecule has 0 spiro atoms. The van der Waals surface area contributed by atoms with Gasteiger partial charge in [-0.05, 0) is 31.9 Å². The van der Waals surface area contributed by atoms with Crippen LogP contribution < -0.4 is 5.14 Å². The maximum absolute atomic E-state index is 12.4. The van der Waals surface area contributed by atoms with Gasteiger partial charge < -0.3 is 4.90 Å². The summed E-state index contributed by atoms with van der Waals surface area (Å²) in [6.45, 7) is 3.29. The summed E-state index contributed by atoms with van der Waals surface area (Å²) < 4.78 is 23.7. The van der Waals surface area contributed by atoms with Crippen molar-refractivity contribution in [2.45, 2.75) is 26.3 Å². The van der Waals surface area contributed by atoms with Crippen LogP contribution in [0.15, 0.2) is 12.1 Å². The molecule has 1 saturated heterocycles. The normalized spacial score (nSPS) is 17.9. The zero-order chi connectivity index (χ0) is 15.6. The molecule has 1 fully saturated rings. The van der Waals surface area contributed by atoms with E-state index in [1.165, 1.54) is 9.18 Å². The molecule has 1 aliphatic rings. The second-order valence-electron chi connectivity index (χ2n) is 5.42. The Bertz CT molecular complexity index is 604. The van der Waals surface area contributed by atoms with Gasteiger partial charge in [0, 0.05) is 35.8 Å². The fourth-order valence-electron chi connectivity index (χ4n) is 2.55. The Labute approximate surface area is 129 Å². The Balaban J connectivity index is 1.89. The molecule has 0 atom stereocenters. The molecule has 1 aliphatic heterocycles. The molecule has 118 valence electrons. The van der Waals surface area contributed by atoms with Crippen LogP contribution in [0, 0.1) is 12.8 Å². The van der Waals surface area contributed by atoms with Crippen LogP contribution in [0.4, 0.5) is 0 Å². The Morgan fingerprint density at radius 2 is 2.05 bits per heavy atom. The van der Waals surface area contributed by atoms with Crippen LogP contribution in [0.5, 0.6) is 0 Å². The van der Waals surface area contributed by atoms with Crippen LogP contribution in [-0.2, 0) is 21.5 Å². The number of hydrogen-bond acceptors (Lipinski definition) is 4.